The maximum absolute atomic E-state index is 11.8. The van der Waals surface area contributed by atoms with Gasteiger partial charge in [-0.05, 0) is 61.7 Å². The smallest absolute Gasteiger partial charge is 0.312 e. The first-order valence-corrected chi connectivity index (χ1v) is 7.41. The summed E-state index contributed by atoms with van der Waals surface area (Å²) in [5, 5.41) is 8.71. The van der Waals surface area contributed by atoms with Crippen molar-refractivity contribution in [2.75, 3.05) is 13.6 Å². The first kappa shape index (κ1) is 12.9. The first-order chi connectivity index (χ1) is 8.96. The highest BCUT2D eigenvalue weighted by Crippen LogP contribution is 2.60. The number of nitrogens with zero attached hydrogens (tertiary/aromatic N) is 1. The van der Waals surface area contributed by atoms with E-state index in [-0.39, 0.29) is 12.3 Å². The van der Waals surface area contributed by atoms with Gasteiger partial charge in [-0.2, -0.15) is 0 Å². The van der Waals surface area contributed by atoms with Crippen molar-refractivity contribution in [3.8, 4) is 0 Å². The number of aliphatic carboxylic acids is 1. The molecule has 0 aromatic carbocycles. The first-order valence-electron chi connectivity index (χ1n) is 7.41. The zero-order chi connectivity index (χ0) is 13.6. The van der Waals surface area contributed by atoms with Gasteiger partial charge in [-0.1, -0.05) is 0 Å². The van der Waals surface area contributed by atoms with Gasteiger partial charge in [0.15, 0.2) is 0 Å². The molecular formula is C15H23NO3. The van der Waals surface area contributed by atoms with Crippen LogP contribution < -0.4 is 0 Å². The van der Waals surface area contributed by atoms with E-state index in [0.29, 0.717) is 5.41 Å². The van der Waals surface area contributed by atoms with E-state index >= 15 is 0 Å². The molecule has 4 nitrogen and oxygen atoms in total. The largest absolute Gasteiger partial charge is 0.481 e. The summed E-state index contributed by atoms with van der Waals surface area (Å²) in [5.41, 5.74) is 0.303. The van der Waals surface area contributed by atoms with Crippen LogP contribution in [0, 0.1) is 23.2 Å². The van der Waals surface area contributed by atoms with Crippen molar-refractivity contribution in [3.05, 3.63) is 0 Å². The molecule has 4 saturated carbocycles. The van der Waals surface area contributed by atoms with Crippen LogP contribution in [0.1, 0.15) is 44.9 Å². The van der Waals surface area contributed by atoms with Gasteiger partial charge >= 0.3 is 5.97 Å². The molecule has 4 heteroatoms. The highest BCUT2D eigenvalue weighted by atomic mass is 16.4. The second-order valence-electron chi connectivity index (χ2n) is 7.24. The molecule has 0 unspecified atom stereocenters. The Hall–Kier alpha value is -1.06. The summed E-state index contributed by atoms with van der Waals surface area (Å²) in [6.07, 6.45) is 7.57. The third kappa shape index (κ3) is 2.49. The fraction of sp³-hybridized carbons (Fsp3) is 0.867. The Kier molecular flexibility index (Phi) is 3.06. The Labute approximate surface area is 114 Å². The van der Waals surface area contributed by atoms with Crippen molar-refractivity contribution in [1.29, 1.82) is 0 Å². The lowest BCUT2D eigenvalue weighted by Crippen LogP contribution is -2.51. The van der Waals surface area contributed by atoms with Crippen molar-refractivity contribution < 1.29 is 14.7 Å². The van der Waals surface area contributed by atoms with Crippen LogP contribution >= 0.6 is 0 Å². The van der Waals surface area contributed by atoms with Gasteiger partial charge in [-0.15, -0.1) is 0 Å². The molecule has 0 aliphatic heterocycles. The topological polar surface area (TPSA) is 57.6 Å². The SMILES string of the molecule is CN(CC12CC3CC(CC(C3)C1)C2)C(=O)CC(=O)O. The Bertz CT molecular complexity index is 369. The molecular weight excluding hydrogens is 242 g/mol. The summed E-state index contributed by atoms with van der Waals surface area (Å²) in [6.45, 7) is 0.766. The number of hydrogen-bond donors (Lipinski definition) is 1. The van der Waals surface area contributed by atoms with E-state index in [2.05, 4.69) is 0 Å². The van der Waals surface area contributed by atoms with Crippen molar-refractivity contribution in [3.63, 3.8) is 0 Å². The van der Waals surface area contributed by atoms with Crippen LogP contribution in [0.25, 0.3) is 0 Å². The summed E-state index contributed by atoms with van der Waals surface area (Å²) in [4.78, 5) is 24.1. The van der Waals surface area contributed by atoms with Crippen LogP contribution in [0.5, 0.6) is 0 Å². The second kappa shape index (κ2) is 4.50. The monoisotopic (exact) mass is 265 g/mol. The van der Waals surface area contributed by atoms with Crippen molar-refractivity contribution in [1.82, 2.24) is 4.90 Å². The van der Waals surface area contributed by atoms with Crippen LogP contribution in [-0.4, -0.2) is 35.5 Å². The van der Waals surface area contributed by atoms with Crippen molar-refractivity contribution >= 4 is 11.9 Å². The van der Waals surface area contributed by atoms with Gasteiger partial charge in [0.1, 0.15) is 6.42 Å². The number of hydrogen-bond acceptors (Lipinski definition) is 2. The normalized spacial score (nSPS) is 39.3. The van der Waals surface area contributed by atoms with Crippen LogP contribution in [0.2, 0.25) is 0 Å². The number of amides is 1. The number of carbonyl (C=O) groups is 2. The lowest BCUT2D eigenvalue weighted by atomic mass is 9.49. The third-order valence-electron chi connectivity index (χ3n) is 5.47. The predicted octanol–water partition coefficient (Wildman–Crippen LogP) is 2.14. The Balaban J connectivity index is 1.66. The van der Waals surface area contributed by atoms with E-state index in [0.717, 1.165) is 24.3 Å². The molecule has 0 spiro atoms. The standard InChI is InChI=1S/C15H23NO3/c1-16(13(17)5-14(18)19)9-15-6-10-2-11(7-15)4-12(3-10)8-15/h10-12H,2-9H2,1H3,(H,18,19). The maximum atomic E-state index is 11.8. The van der Waals surface area contributed by atoms with Crippen LogP contribution in [0.15, 0.2) is 0 Å². The van der Waals surface area contributed by atoms with Gasteiger partial charge in [-0.25, -0.2) is 0 Å². The Morgan fingerprint density at radius 3 is 2.00 bits per heavy atom. The van der Waals surface area contributed by atoms with Crippen LogP contribution in [0.4, 0.5) is 0 Å². The summed E-state index contributed by atoms with van der Waals surface area (Å²) in [6, 6.07) is 0. The van der Waals surface area contributed by atoms with Gasteiger partial charge < -0.3 is 10.0 Å². The fourth-order valence-corrected chi connectivity index (χ4v) is 5.34. The molecule has 0 radical (unpaired) electrons. The fourth-order valence-electron chi connectivity index (χ4n) is 5.34. The molecule has 0 saturated heterocycles. The zero-order valence-electron chi connectivity index (χ0n) is 11.6. The average Bonchev–Trinajstić information content (AvgIpc) is 2.24. The van der Waals surface area contributed by atoms with Crippen LogP contribution in [0.3, 0.4) is 0 Å². The number of carboxylic acid groups (broad SMARTS) is 1. The van der Waals surface area contributed by atoms with Crippen molar-refractivity contribution in [2.24, 2.45) is 23.2 Å². The van der Waals surface area contributed by atoms with E-state index in [9.17, 15) is 9.59 Å². The summed E-state index contributed by atoms with van der Waals surface area (Å²) >= 11 is 0. The molecule has 1 amide bonds. The molecule has 0 aromatic heterocycles. The minimum Gasteiger partial charge on any atom is -0.481 e. The summed E-state index contributed by atoms with van der Waals surface area (Å²) < 4.78 is 0. The summed E-state index contributed by atoms with van der Waals surface area (Å²) in [5.74, 6) is 1.34. The second-order valence-corrected chi connectivity index (χ2v) is 7.24. The molecule has 4 fully saturated rings. The van der Waals surface area contributed by atoms with Gasteiger partial charge in [0.2, 0.25) is 5.91 Å². The number of carboxylic acids is 1. The molecule has 4 bridgehead atoms. The van der Waals surface area contributed by atoms with E-state index < -0.39 is 5.97 Å². The van der Waals surface area contributed by atoms with Crippen LogP contribution in [-0.2, 0) is 9.59 Å². The predicted molar refractivity (Wildman–Crippen MR) is 70.5 cm³/mol. The highest BCUT2D eigenvalue weighted by molar-refractivity contribution is 5.93. The maximum Gasteiger partial charge on any atom is 0.312 e. The van der Waals surface area contributed by atoms with Crippen molar-refractivity contribution in [2.45, 2.75) is 44.9 Å². The minimum absolute atomic E-state index is 0.247. The van der Waals surface area contributed by atoms with E-state index in [4.69, 9.17) is 5.11 Å². The third-order valence-corrected chi connectivity index (χ3v) is 5.47. The lowest BCUT2D eigenvalue weighted by molar-refractivity contribution is -0.146. The quantitative estimate of drug-likeness (QED) is 0.792. The molecule has 4 aliphatic carbocycles. The Morgan fingerprint density at radius 2 is 1.58 bits per heavy atom. The molecule has 0 aromatic rings. The molecule has 0 atom stereocenters. The summed E-state index contributed by atoms with van der Waals surface area (Å²) in [7, 11) is 1.77. The van der Waals surface area contributed by atoms with E-state index in [1.54, 1.807) is 11.9 Å². The van der Waals surface area contributed by atoms with Gasteiger partial charge in [0, 0.05) is 13.6 Å². The molecule has 4 rings (SSSR count). The minimum atomic E-state index is -1.03. The van der Waals surface area contributed by atoms with Gasteiger partial charge in [-0.3, -0.25) is 9.59 Å². The van der Waals surface area contributed by atoms with Gasteiger partial charge in [0.25, 0.3) is 0 Å². The molecule has 4 aliphatic rings. The molecule has 19 heavy (non-hydrogen) atoms. The molecule has 0 heterocycles. The average molecular weight is 265 g/mol. The number of carbonyl (C=O) groups excluding carboxylic acids is 1. The molecule has 1 N–H and O–H groups in total. The van der Waals surface area contributed by atoms with Gasteiger partial charge in [0.05, 0.1) is 0 Å². The molecule has 106 valence electrons. The van der Waals surface area contributed by atoms with E-state index in [1.165, 1.54) is 38.5 Å². The number of rotatable bonds is 4. The van der Waals surface area contributed by atoms with E-state index in [1.807, 2.05) is 0 Å². The highest BCUT2D eigenvalue weighted by Gasteiger charge is 2.51. The Morgan fingerprint density at radius 1 is 1.11 bits per heavy atom. The lowest BCUT2D eigenvalue weighted by Gasteiger charge is -2.57. The zero-order valence-corrected chi connectivity index (χ0v) is 11.6.